The van der Waals surface area contributed by atoms with Crippen LogP contribution < -0.4 is 4.90 Å². The SMILES string of the molecule is Cc1nc(N2CC[C@@H](N(C)C(=O)O)C2)c2oc3ccc(Cl)cc3c2n1. The average molecular weight is 361 g/mol. The van der Waals surface area contributed by atoms with Crippen LogP contribution >= 0.6 is 11.6 Å². The van der Waals surface area contributed by atoms with Gasteiger partial charge in [-0.2, -0.15) is 0 Å². The van der Waals surface area contributed by atoms with Crippen molar-refractivity contribution in [3.8, 4) is 0 Å². The second-order valence-electron chi connectivity index (χ2n) is 6.30. The highest BCUT2D eigenvalue weighted by Crippen LogP contribution is 2.35. The normalized spacial score (nSPS) is 17.6. The van der Waals surface area contributed by atoms with Gasteiger partial charge in [-0.1, -0.05) is 11.6 Å². The number of furan rings is 1. The lowest BCUT2D eigenvalue weighted by Crippen LogP contribution is -2.38. The summed E-state index contributed by atoms with van der Waals surface area (Å²) in [4.78, 5) is 23.7. The van der Waals surface area contributed by atoms with Crippen molar-refractivity contribution in [3.63, 3.8) is 0 Å². The third-order valence-electron chi connectivity index (χ3n) is 4.68. The Morgan fingerprint density at radius 1 is 1.44 bits per heavy atom. The van der Waals surface area contributed by atoms with Crippen molar-refractivity contribution < 1.29 is 14.3 Å². The lowest BCUT2D eigenvalue weighted by molar-refractivity contribution is 0.142. The van der Waals surface area contributed by atoms with Gasteiger partial charge in [0.2, 0.25) is 0 Å². The Balaban J connectivity index is 1.80. The molecule has 2 aromatic heterocycles. The molecule has 1 aromatic carbocycles. The zero-order valence-electron chi connectivity index (χ0n) is 13.9. The van der Waals surface area contributed by atoms with Crippen molar-refractivity contribution in [1.29, 1.82) is 0 Å². The fraction of sp³-hybridized carbons (Fsp3) is 0.353. The minimum atomic E-state index is -0.922. The van der Waals surface area contributed by atoms with Gasteiger partial charge in [0.05, 0.1) is 6.04 Å². The number of nitrogens with zero attached hydrogens (tertiary/aromatic N) is 4. The maximum atomic E-state index is 11.2. The number of hydrogen-bond acceptors (Lipinski definition) is 5. The lowest BCUT2D eigenvalue weighted by Gasteiger charge is -2.22. The first-order valence-electron chi connectivity index (χ1n) is 8.01. The molecule has 25 heavy (non-hydrogen) atoms. The number of aryl methyl sites for hydroxylation is 1. The van der Waals surface area contributed by atoms with Crippen molar-refractivity contribution in [2.45, 2.75) is 19.4 Å². The Hall–Kier alpha value is -2.54. The van der Waals surface area contributed by atoms with Crippen LogP contribution in [0.15, 0.2) is 22.6 Å². The molecular formula is C17H17ClN4O3. The van der Waals surface area contributed by atoms with Gasteiger partial charge in [-0.05, 0) is 31.5 Å². The van der Waals surface area contributed by atoms with Gasteiger partial charge in [-0.15, -0.1) is 0 Å². The smallest absolute Gasteiger partial charge is 0.407 e. The summed E-state index contributed by atoms with van der Waals surface area (Å²) in [5.41, 5.74) is 2.05. The Labute approximate surface area is 148 Å². The minimum absolute atomic E-state index is 0.0679. The summed E-state index contributed by atoms with van der Waals surface area (Å²) in [6, 6.07) is 5.37. The fourth-order valence-corrected chi connectivity index (χ4v) is 3.50. The number of amides is 1. The van der Waals surface area contributed by atoms with Crippen molar-refractivity contribution in [3.05, 3.63) is 29.0 Å². The quantitative estimate of drug-likeness (QED) is 0.752. The number of hydrogen-bond donors (Lipinski definition) is 1. The standard InChI is InChI=1S/C17H17ClN4O3/c1-9-19-14-12-7-10(18)3-4-13(12)25-15(14)16(20-9)22-6-5-11(8-22)21(2)17(23)24/h3-4,7,11H,5-6,8H2,1-2H3,(H,23,24)/t11-/m1/s1. The van der Waals surface area contributed by atoms with Gasteiger partial charge >= 0.3 is 6.09 Å². The molecule has 8 heteroatoms. The second kappa shape index (κ2) is 5.77. The summed E-state index contributed by atoms with van der Waals surface area (Å²) in [5, 5.41) is 10.7. The van der Waals surface area contributed by atoms with Crippen LogP contribution in [0, 0.1) is 6.92 Å². The first kappa shape index (κ1) is 16.0. The van der Waals surface area contributed by atoms with Crippen LogP contribution in [0.3, 0.4) is 0 Å². The first-order chi connectivity index (χ1) is 11.9. The molecule has 0 bridgehead atoms. The van der Waals surface area contributed by atoms with Crippen molar-refractivity contribution in [2.24, 2.45) is 0 Å². The molecule has 1 fully saturated rings. The third kappa shape index (κ3) is 2.64. The van der Waals surface area contributed by atoms with Gasteiger partial charge in [-0.25, -0.2) is 14.8 Å². The van der Waals surface area contributed by atoms with Crippen LogP contribution in [0.2, 0.25) is 5.02 Å². The number of aromatic nitrogens is 2. The van der Waals surface area contributed by atoms with Gasteiger partial charge in [-0.3, -0.25) is 0 Å². The van der Waals surface area contributed by atoms with E-state index >= 15 is 0 Å². The highest BCUT2D eigenvalue weighted by atomic mass is 35.5. The van der Waals surface area contributed by atoms with E-state index in [4.69, 9.17) is 16.0 Å². The lowest BCUT2D eigenvalue weighted by atomic mass is 10.2. The summed E-state index contributed by atoms with van der Waals surface area (Å²) in [6.45, 7) is 3.13. The van der Waals surface area contributed by atoms with Crippen LogP contribution in [0.4, 0.5) is 10.6 Å². The van der Waals surface area contributed by atoms with E-state index in [1.165, 1.54) is 4.90 Å². The Bertz CT molecular complexity index is 987. The fourth-order valence-electron chi connectivity index (χ4n) is 3.33. The molecule has 7 nitrogen and oxygen atoms in total. The van der Waals surface area contributed by atoms with Crippen LogP contribution in [0.1, 0.15) is 12.2 Å². The van der Waals surface area contributed by atoms with Gasteiger partial charge in [0, 0.05) is 30.5 Å². The van der Waals surface area contributed by atoms with E-state index in [1.807, 2.05) is 19.1 Å². The molecule has 1 amide bonds. The molecule has 1 atom stereocenters. The Kier molecular flexibility index (Phi) is 3.68. The molecule has 1 N–H and O–H groups in total. The Morgan fingerprint density at radius 3 is 3.00 bits per heavy atom. The summed E-state index contributed by atoms with van der Waals surface area (Å²) in [7, 11) is 1.60. The molecule has 1 aliphatic rings. The molecule has 1 aliphatic heterocycles. The molecule has 0 radical (unpaired) electrons. The number of fused-ring (bicyclic) bond motifs is 3. The van der Waals surface area contributed by atoms with Gasteiger partial charge in [0.25, 0.3) is 0 Å². The Morgan fingerprint density at radius 2 is 2.24 bits per heavy atom. The van der Waals surface area contributed by atoms with Gasteiger partial charge < -0.3 is 19.3 Å². The summed E-state index contributed by atoms with van der Waals surface area (Å²) in [6.07, 6.45) is -0.173. The molecule has 3 aromatic rings. The molecule has 0 unspecified atom stereocenters. The molecular weight excluding hydrogens is 344 g/mol. The predicted octanol–water partition coefficient (Wildman–Crippen LogP) is 3.53. The van der Waals surface area contributed by atoms with Crippen LogP contribution in [-0.4, -0.2) is 52.2 Å². The second-order valence-corrected chi connectivity index (χ2v) is 6.73. The van der Waals surface area contributed by atoms with Crippen molar-refractivity contribution in [1.82, 2.24) is 14.9 Å². The van der Waals surface area contributed by atoms with Gasteiger partial charge in [0.15, 0.2) is 11.4 Å². The van der Waals surface area contributed by atoms with E-state index in [0.29, 0.717) is 40.9 Å². The number of carboxylic acid groups (broad SMARTS) is 1. The monoisotopic (exact) mass is 360 g/mol. The largest absolute Gasteiger partial charge is 0.465 e. The van der Waals surface area contributed by atoms with Crippen molar-refractivity contribution >= 4 is 45.6 Å². The molecule has 1 saturated heterocycles. The zero-order chi connectivity index (χ0) is 17.7. The number of carbonyl (C=O) groups is 1. The summed E-state index contributed by atoms with van der Waals surface area (Å²) >= 11 is 6.11. The summed E-state index contributed by atoms with van der Waals surface area (Å²) in [5.74, 6) is 1.34. The molecule has 0 aliphatic carbocycles. The number of anilines is 1. The topological polar surface area (TPSA) is 82.7 Å². The number of halogens is 1. The maximum Gasteiger partial charge on any atom is 0.407 e. The molecule has 0 saturated carbocycles. The first-order valence-corrected chi connectivity index (χ1v) is 8.39. The number of benzene rings is 1. The van der Waals surface area contributed by atoms with E-state index in [0.717, 1.165) is 17.3 Å². The van der Waals surface area contributed by atoms with Crippen LogP contribution in [0.5, 0.6) is 0 Å². The highest BCUT2D eigenvalue weighted by Gasteiger charge is 2.31. The van der Waals surface area contributed by atoms with Crippen LogP contribution in [0.25, 0.3) is 22.1 Å². The van der Waals surface area contributed by atoms with E-state index < -0.39 is 6.09 Å². The van der Waals surface area contributed by atoms with E-state index in [1.54, 1.807) is 13.1 Å². The molecule has 3 heterocycles. The summed E-state index contributed by atoms with van der Waals surface area (Å²) < 4.78 is 5.99. The van der Waals surface area contributed by atoms with Crippen LogP contribution in [-0.2, 0) is 0 Å². The zero-order valence-corrected chi connectivity index (χ0v) is 14.6. The van der Waals surface area contributed by atoms with E-state index in [2.05, 4.69) is 14.9 Å². The van der Waals surface area contributed by atoms with Gasteiger partial charge in [0.1, 0.15) is 16.9 Å². The average Bonchev–Trinajstić information content (AvgIpc) is 3.18. The third-order valence-corrected chi connectivity index (χ3v) is 4.92. The maximum absolute atomic E-state index is 11.2. The molecule has 4 rings (SSSR count). The van der Waals surface area contributed by atoms with E-state index in [-0.39, 0.29) is 6.04 Å². The highest BCUT2D eigenvalue weighted by molar-refractivity contribution is 6.31. The van der Waals surface area contributed by atoms with Crippen molar-refractivity contribution in [2.75, 3.05) is 25.0 Å². The van der Waals surface area contributed by atoms with E-state index in [9.17, 15) is 9.90 Å². The molecule has 0 spiro atoms. The predicted molar refractivity (Wildman–Crippen MR) is 95.5 cm³/mol. The number of likely N-dealkylation sites (N-methyl/N-ethyl adjacent to an activating group) is 1. The minimum Gasteiger partial charge on any atom is -0.465 e. The molecule has 130 valence electrons. The number of rotatable bonds is 2.